The second-order valence-electron chi connectivity index (χ2n) is 4.20. The Morgan fingerprint density at radius 2 is 1.67 bits per heavy atom. The summed E-state index contributed by atoms with van der Waals surface area (Å²) < 4.78 is 0. The van der Waals surface area contributed by atoms with Crippen molar-refractivity contribution in [1.29, 1.82) is 0 Å². The average Bonchev–Trinajstić information content (AvgIpc) is 2.42. The summed E-state index contributed by atoms with van der Waals surface area (Å²) in [4.78, 5) is 0. The molecule has 0 spiro atoms. The number of hydrogen-bond donors (Lipinski definition) is 1. The minimum Gasteiger partial charge on any atom is -0.384 e. The van der Waals surface area contributed by atoms with Crippen LogP contribution in [0.5, 0.6) is 0 Å². The lowest BCUT2D eigenvalue weighted by molar-refractivity contribution is 1.08. The summed E-state index contributed by atoms with van der Waals surface area (Å²) in [5, 5.41) is 3.39. The lowest BCUT2D eigenvalue weighted by Gasteiger charge is -2.11. The largest absolute Gasteiger partial charge is 0.384 e. The summed E-state index contributed by atoms with van der Waals surface area (Å²) in [5.74, 6) is 2.64. The lowest BCUT2D eigenvalue weighted by atomic mass is 10.0. The van der Waals surface area contributed by atoms with Gasteiger partial charge in [-0.1, -0.05) is 48.5 Å². The van der Waals surface area contributed by atoms with Gasteiger partial charge in [0.1, 0.15) is 0 Å². The highest BCUT2D eigenvalue weighted by atomic mass is 14.9. The van der Waals surface area contributed by atoms with Gasteiger partial charge < -0.3 is 5.32 Å². The van der Waals surface area contributed by atoms with Crippen LogP contribution in [0.2, 0.25) is 0 Å². The van der Waals surface area contributed by atoms with Crippen molar-refractivity contribution >= 4 is 5.69 Å². The minimum absolute atomic E-state index is 0.750. The van der Waals surface area contributed by atoms with Crippen LogP contribution in [0, 0.1) is 12.3 Å². The first-order chi connectivity index (χ1) is 8.90. The molecule has 1 heteroatoms. The molecular formula is C17H17N. The second kappa shape index (κ2) is 6.51. The Morgan fingerprint density at radius 3 is 2.44 bits per heavy atom. The number of para-hydroxylation sites is 1. The van der Waals surface area contributed by atoms with E-state index in [4.69, 9.17) is 6.42 Å². The maximum Gasteiger partial charge on any atom is 0.0376 e. The molecule has 0 amide bonds. The van der Waals surface area contributed by atoms with Crippen molar-refractivity contribution in [3.05, 3.63) is 65.7 Å². The molecule has 1 nitrogen and oxygen atoms in total. The van der Waals surface area contributed by atoms with Crippen LogP contribution in [-0.2, 0) is 6.42 Å². The topological polar surface area (TPSA) is 12.0 Å². The van der Waals surface area contributed by atoms with E-state index < -0.39 is 0 Å². The van der Waals surface area contributed by atoms with Gasteiger partial charge in [0.15, 0.2) is 0 Å². The van der Waals surface area contributed by atoms with Crippen LogP contribution in [0.25, 0.3) is 0 Å². The molecular weight excluding hydrogens is 218 g/mol. The van der Waals surface area contributed by atoms with Crippen molar-refractivity contribution in [2.24, 2.45) is 0 Å². The van der Waals surface area contributed by atoms with Gasteiger partial charge in [-0.05, 0) is 23.6 Å². The molecule has 0 unspecified atom stereocenters. The molecule has 0 aromatic heterocycles. The third-order valence-electron chi connectivity index (χ3n) is 2.84. The van der Waals surface area contributed by atoms with E-state index >= 15 is 0 Å². The van der Waals surface area contributed by atoms with Crippen molar-refractivity contribution in [2.45, 2.75) is 12.8 Å². The van der Waals surface area contributed by atoms with Gasteiger partial charge in [0.25, 0.3) is 0 Å². The van der Waals surface area contributed by atoms with Crippen molar-refractivity contribution < 1.29 is 0 Å². The molecule has 1 N–H and O–H groups in total. The van der Waals surface area contributed by atoms with E-state index in [-0.39, 0.29) is 0 Å². The molecule has 0 bridgehead atoms. The van der Waals surface area contributed by atoms with Gasteiger partial charge in [-0.25, -0.2) is 0 Å². The fourth-order valence-electron chi connectivity index (χ4n) is 1.93. The molecule has 0 aliphatic rings. The molecule has 0 radical (unpaired) electrons. The first-order valence-corrected chi connectivity index (χ1v) is 6.19. The number of anilines is 1. The Bertz CT molecular complexity index is 523. The van der Waals surface area contributed by atoms with Crippen LogP contribution >= 0.6 is 0 Å². The Labute approximate surface area is 109 Å². The van der Waals surface area contributed by atoms with Crippen molar-refractivity contribution in [3.8, 4) is 12.3 Å². The molecule has 18 heavy (non-hydrogen) atoms. The fraction of sp³-hybridized carbons (Fsp3) is 0.176. The van der Waals surface area contributed by atoms with E-state index in [1.165, 1.54) is 16.8 Å². The minimum atomic E-state index is 0.750. The van der Waals surface area contributed by atoms with E-state index in [0.717, 1.165) is 19.4 Å². The molecule has 0 atom stereocenters. The molecule has 0 saturated carbocycles. The maximum atomic E-state index is 5.26. The van der Waals surface area contributed by atoms with Crippen molar-refractivity contribution in [2.75, 3.05) is 11.9 Å². The van der Waals surface area contributed by atoms with E-state index in [1.807, 2.05) is 12.1 Å². The molecule has 90 valence electrons. The Morgan fingerprint density at radius 1 is 0.944 bits per heavy atom. The third-order valence-corrected chi connectivity index (χ3v) is 2.84. The van der Waals surface area contributed by atoms with Crippen LogP contribution in [0.3, 0.4) is 0 Å². The summed E-state index contributed by atoms with van der Waals surface area (Å²) in [6.45, 7) is 0.822. The second-order valence-corrected chi connectivity index (χ2v) is 4.20. The van der Waals surface area contributed by atoms with Crippen molar-refractivity contribution in [1.82, 2.24) is 0 Å². The summed E-state index contributed by atoms with van der Waals surface area (Å²) in [6, 6.07) is 18.9. The van der Waals surface area contributed by atoms with Gasteiger partial charge in [-0.15, -0.1) is 12.3 Å². The van der Waals surface area contributed by atoms with E-state index in [2.05, 4.69) is 53.7 Å². The van der Waals surface area contributed by atoms with Gasteiger partial charge in [0.2, 0.25) is 0 Å². The highest BCUT2D eigenvalue weighted by Crippen LogP contribution is 2.18. The number of nitrogens with one attached hydrogen (secondary N) is 1. The molecule has 0 aliphatic heterocycles. The van der Waals surface area contributed by atoms with Crippen LogP contribution < -0.4 is 5.32 Å². The Kier molecular flexibility index (Phi) is 4.44. The molecule has 0 saturated heterocycles. The number of benzene rings is 2. The standard InChI is InChI=1S/C17H17N/c1-2-3-13-18-17-12-8-7-11-16(17)14-15-9-5-4-6-10-15/h1,4-12,18H,3,13-14H2. The average molecular weight is 235 g/mol. The van der Waals surface area contributed by atoms with E-state index in [1.54, 1.807) is 0 Å². The van der Waals surface area contributed by atoms with Crippen LogP contribution in [0.1, 0.15) is 17.5 Å². The SMILES string of the molecule is C#CCCNc1ccccc1Cc1ccccc1. The molecule has 0 aliphatic carbocycles. The first kappa shape index (κ1) is 12.3. The lowest BCUT2D eigenvalue weighted by Crippen LogP contribution is -2.03. The van der Waals surface area contributed by atoms with E-state index in [9.17, 15) is 0 Å². The number of terminal acetylenes is 1. The predicted molar refractivity (Wildman–Crippen MR) is 77.6 cm³/mol. The normalized spacial score (nSPS) is 9.72. The molecule has 2 aromatic carbocycles. The third kappa shape index (κ3) is 3.40. The van der Waals surface area contributed by atoms with Gasteiger partial charge in [-0.3, -0.25) is 0 Å². The van der Waals surface area contributed by atoms with Crippen molar-refractivity contribution in [3.63, 3.8) is 0 Å². The highest BCUT2D eigenvalue weighted by molar-refractivity contribution is 5.52. The Hall–Kier alpha value is -2.20. The van der Waals surface area contributed by atoms with Gasteiger partial charge in [-0.2, -0.15) is 0 Å². The monoisotopic (exact) mass is 235 g/mol. The number of hydrogen-bond acceptors (Lipinski definition) is 1. The van der Waals surface area contributed by atoms with Gasteiger partial charge in [0, 0.05) is 18.7 Å². The smallest absolute Gasteiger partial charge is 0.0376 e. The molecule has 2 aromatic rings. The van der Waals surface area contributed by atoms with Crippen LogP contribution in [0.4, 0.5) is 5.69 Å². The zero-order chi connectivity index (χ0) is 12.6. The molecule has 0 fully saturated rings. The summed E-state index contributed by atoms with van der Waals surface area (Å²) in [7, 11) is 0. The quantitative estimate of drug-likeness (QED) is 0.615. The molecule has 2 rings (SSSR count). The highest BCUT2D eigenvalue weighted by Gasteiger charge is 2.01. The summed E-state index contributed by atoms with van der Waals surface area (Å²) in [5.41, 5.74) is 3.81. The summed E-state index contributed by atoms with van der Waals surface area (Å²) in [6.07, 6.45) is 6.96. The Balaban J connectivity index is 2.10. The first-order valence-electron chi connectivity index (χ1n) is 6.19. The maximum absolute atomic E-state index is 5.26. The molecule has 0 heterocycles. The van der Waals surface area contributed by atoms with Gasteiger partial charge >= 0.3 is 0 Å². The van der Waals surface area contributed by atoms with E-state index in [0.29, 0.717) is 0 Å². The summed E-state index contributed by atoms with van der Waals surface area (Å²) >= 11 is 0. The zero-order valence-corrected chi connectivity index (χ0v) is 10.4. The van der Waals surface area contributed by atoms with Crippen LogP contribution in [-0.4, -0.2) is 6.54 Å². The van der Waals surface area contributed by atoms with Crippen LogP contribution in [0.15, 0.2) is 54.6 Å². The van der Waals surface area contributed by atoms with Gasteiger partial charge in [0.05, 0.1) is 0 Å². The fourth-order valence-corrected chi connectivity index (χ4v) is 1.93. The zero-order valence-electron chi connectivity index (χ0n) is 10.4. The number of rotatable bonds is 5. The predicted octanol–water partition coefficient (Wildman–Crippen LogP) is 3.71.